The minimum Gasteiger partial charge on any atom is -0.481 e. The van der Waals surface area contributed by atoms with E-state index >= 15 is 0 Å². The van der Waals surface area contributed by atoms with Crippen LogP contribution in [0.25, 0.3) is 0 Å². The third kappa shape index (κ3) is 1.50. The van der Waals surface area contributed by atoms with Crippen LogP contribution in [0.15, 0.2) is 0 Å². The Morgan fingerprint density at radius 1 is 1.88 bits per heavy atom. The summed E-state index contributed by atoms with van der Waals surface area (Å²) in [7, 11) is 0. The molecule has 0 rings (SSSR count). The lowest BCUT2D eigenvalue weighted by molar-refractivity contribution is -0.147. The summed E-state index contributed by atoms with van der Waals surface area (Å²) in [6.07, 6.45) is 0. The maximum absolute atomic E-state index is 10.0. The number of hydrogen-bond donors (Lipinski definition) is 2. The quantitative estimate of drug-likeness (QED) is 0.531. The van der Waals surface area contributed by atoms with Crippen LogP contribution in [0.2, 0.25) is 0 Å². The van der Waals surface area contributed by atoms with Crippen molar-refractivity contribution >= 4 is 5.97 Å². The average molecular weight is 117 g/mol. The van der Waals surface area contributed by atoms with Gasteiger partial charge < -0.3 is 10.2 Å². The summed E-state index contributed by atoms with van der Waals surface area (Å²) in [5.41, 5.74) is -1.24. The van der Waals surface area contributed by atoms with Gasteiger partial charge in [-0.25, -0.2) is 0 Å². The Morgan fingerprint density at radius 2 is 2.25 bits per heavy atom. The molecule has 0 aliphatic carbocycles. The van der Waals surface area contributed by atoms with Gasteiger partial charge in [0.05, 0.1) is 12.0 Å². The molecule has 0 aromatic rings. The summed E-state index contributed by atoms with van der Waals surface area (Å²) < 4.78 is 0. The van der Waals surface area contributed by atoms with Crippen molar-refractivity contribution in [1.29, 1.82) is 0 Å². The van der Waals surface area contributed by atoms with Crippen LogP contribution in [0.5, 0.6) is 0 Å². The van der Waals surface area contributed by atoms with Gasteiger partial charge in [-0.05, 0) is 13.8 Å². The zero-order valence-electron chi connectivity index (χ0n) is 4.72. The Labute approximate surface area is 47.9 Å². The molecule has 0 fully saturated rings. The number of hydrogen-bond acceptors (Lipinski definition) is 2. The molecule has 0 aliphatic heterocycles. The first-order chi connectivity index (χ1) is 3.50. The summed E-state index contributed by atoms with van der Waals surface area (Å²) in [6, 6.07) is 0. The number of aliphatic hydroxyl groups excluding tert-OH is 1. The number of carboxylic acids is 1. The molecule has 3 heteroatoms. The molecular formula is C5H9O3. The van der Waals surface area contributed by atoms with Gasteiger partial charge >= 0.3 is 5.97 Å². The molecule has 2 N–H and O–H groups in total. The molecular weight excluding hydrogens is 108 g/mol. The fourth-order valence-corrected chi connectivity index (χ4v) is 0.0676. The highest BCUT2D eigenvalue weighted by Gasteiger charge is 2.25. The van der Waals surface area contributed by atoms with Crippen molar-refractivity contribution in [3.63, 3.8) is 0 Å². The molecule has 47 valence electrons. The summed E-state index contributed by atoms with van der Waals surface area (Å²) in [5.74, 6) is -1.08. The van der Waals surface area contributed by atoms with E-state index in [9.17, 15) is 4.79 Å². The molecule has 0 amide bonds. The Balaban J connectivity index is 3.91. The molecule has 0 spiro atoms. The number of carbonyl (C=O) groups is 1. The molecule has 1 radical (unpaired) electrons. The van der Waals surface area contributed by atoms with Gasteiger partial charge in [-0.15, -0.1) is 0 Å². The first-order valence-electron chi connectivity index (χ1n) is 2.20. The molecule has 8 heavy (non-hydrogen) atoms. The first kappa shape index (κ1) is 7.43. The monoisotopic (exact) mass is 117 g/mol. The SMILES string of the molecule is [CH2]C(C)(CO)C(=O)O. The number of carboxylic acid groups (broad SMARTS) is 1. The van der Waals surface area contributed by atoms with Crippen molar-refractivity contribution in [2.24, 2.45) is 5.41 Å². The van der Waals surface area contributed by atoms with Crippen molar-refractivity contribution in [1.82, 2.24) is 0 Å². The fourth-order valence-electron chi connectivity index (χ4n) is 0.0676. The minimum absolute atomic E-state index is 0.428. The van der Waals surface area contributed by atoms with Crippen LogP contribution >= 0.6 is 0 Å². The second-order valence-electron chi connectivity index (χ2n) is 2.02. The fraction of sp³-hybridized carbons (Fsp3) is 0.600. The van der Waals surface area contributed by atoms with Crippen molar-refractivity contribution in [3.05, 3.63) is 6.92 Å². The summed E-state index contributed by atoms with van der Waals surface area (Å²) >= 11 is 0. The van der Waals surface area contributed by atoms with Crippen LogP contribution in [0.3, 0.4) is 0 Å². The van der Waals surface area contributed by atoms with Gasteiger partial charge in [0.25, 0.3) is 0 Å². The molecule has 0 saturated carbocycles. The topological polar surface area (TPSA) is 57.5 Å². The highest BCUT2D eigenvalue weighted by atomic mass is 16.4. The third-order valence-electron chi connectivity index (χ3n) is 0.865. The molecule has 0 bridgehead atoms. The van der Waals surface area contributed by atoms with Gasteiger partial charge in [0, 0.05) is 0 Å². The summed E-state index contributed by atoms with van der Waals surface area (Å²) in [6.45, 7) is 4.17. The summed E-state index contributed by atoms with van der Waals surface area (Å²) in [4.78, 5) is 10.0. The lowest BCUT2D eigenvalue weighted by Crippen LogP contribution is -2.27. The molecule has 0 aromatic carbocycles. The maximum Gasteiger partial charge on any atom is 0.311 e. The van der Waals surface area contributed by atoms with Gasteiger partial charge in [-0.3, -0.25) is 4.79 Å². The van der Waals surface area contributed by atoms with E-state index in [1.807, 2.05) is 0 Å². The van der Waals surface area contributed by atoms with E-state index in [0.717, 1.165) is 0 Å². The van der Waals surface area contributed by atoms with Crippen molar-refractivity contribution in [2.45, 2.75) is 6.92 Å². The molecule has 0 saturated heterocycles. The van der Waals surface area contributed by atoms with Crippen LogP contribution in [0, 0.1) is 12.3 Å². The van der Waals surface area contributed by atoms with Gasteiger partial charge in [0.2, 0.25) is 0 Å². The van der Waals surface area contributed by atoms with E-state index < -0.39 is 18.0 Å². The van der Waals surface area contributed by atoms with Crippen LogP contribution in [0.1, 0.15) is 6.92 Å². The number of aliphatic carboxylic acids is 1. The summed E-state index contributed by atoms with van der Waals surface area (Å²) in [5, 5.41) is 16.5. The first-order valence-corrected chi connectivity index (χ1v) is 2.20. The third-order valence-corrected chi connectivity index (χ3v) is 0.865. The van der Waals surface area contributed by atoms with Gasteiger partial charge in [0.1, 0.15) is 0 Å². The Hall–Kier alpha value is -0.570. The van der Waals surface area contributed by atoms with Crippen LogP contribution in [0.4, 0.5) is 0 Å². The van der Waals surface area contributed by atoms with Crippen LogP contribution in [-0.2, 0) is 4.79 Å². The zero-order valence-corrected chi connectivity index (χ0v) is 4.72. The molecule has 1 unspecified atom stereocenters. The predicted molar refractivity (Wildman–Crippen MR) is 28.2 cm³/mol. The predicted octanol–water partition coefficient (Wildman–Crippen LogP) is -0.0963. The van der Waals surface area contributed by atoms with E-state index in [2.05, 4.69) is 6.92 Å². The lowest BCUT2D eigenvalue weighted by atomic mass is 9.96. The van der Waals surface area contributed by atoms with Crippen molar-refractivity contribution < 1.29 is 15.0 Å². The van der Waals surface area contributed by atoms with Crippen molar-refractivity contribution in [2.75, 3.05) is 6.61 Å². The zero-order chi connectivity index (χ0) is 6.78. The minimum atomic E-state index is -1.24. The van der Waals surface area contributed by atoms with E-state index in [1.54, 1.807) is 0 Å². The number of rotatable bonds is 2. The van der Waals surface area contributed by atoms with Crippen LogP contribution in [-0.4, -0.2) is 22.8 Å². The van der Waals surface area contributed by atoms with Crippen molar-refractivity contribution in [3.8, 4) is 0 Å². The smallest absolute Gasteiger partial charge is 0.311 e. The van der Waals surface area contributed by atoms with Crippen LogP contribution < -0.4 is 0 Å². The van der Waals surface area contributed by atoms with Gasteiger partial charge in [0.15, 0.2) is 0 Å². The normalized spacial score (nSPS) is 11.4. The maximum atomic E-state index is 10.0. The van der Waals surface area contributed by atoms with Gasteiger partial charge in [-0.2, -0.15) is 0 Å². The standard InChI is InChI=1S/C5H9O3/c1-5(2,3-6)4(7)8/h6H,1,3H2,2H3,(H,7,8). The second kappa shape index (κ2) is 2.13. The van der Waals surface area contributed by atoms with E-state index in [0.29, 0.717) is 0 Å². The Kier molecular flexibility index (Phi) is 1.98. The Morgan fingerprint density at radius 3 is 2.25 bits per heavy atom. The molecule has 0 aliphatic rings. The highest BCUT2D eigenvalue weighted by molar-refractivity contribution is 5.74. The molecule has 0 heterocycles. The molecule has 1 atom stereocenters. The van der Waals surface area contributed by atoms with Gasteiger partial charge in [-0.1, -0.05) is 0 Å². The second-order valence-corrected chi connectivity index (χ2v) is 2.02. The van der Waals surface area contributed by atoms with E-state index in [-0.39, 0.29) is 0 Å². The highest BCUT2D eigenvalue weighted by Crippen LogP contribution is 2.11. The molecule has 0 aromatic heterocycles. The van der Waals surface area contributed by atoms with E-state index in [4.69, 9.17) is 10.2 Å². The average Bonchev–Trinajstić information content (AvgIpc) is 1.67. The van der Waals surface area contributed by atoms with E-state index in [1.165, 1.54) is 6.92 Å². The number of aliphatic hydroxyl groups is 1. The Bertz CT molecular complexity index is 95.8. The lowest BCUT2D eigenvalue weighted by Gasteiger charge is -2.13. The largest absolute Gasteiger partial charge is 0.481 e. The molecule has 3 nitrogen and oxygen atoms in total.